The number of fused-ring (bicyclic) bond motifs is 1. The maximum absolute atomic E-state index is 12.5. The molecular formula is C24H21N3O2S. The maximum Gasteiger partial charge on any atom is 0.251 e. The van der Waals surface area contributed by atoms with Crippen molar-refractivity contribution < 1.29 is 9.59 Å². The molecule has 0 atom stereocenters. The molecule has 4 rings (SSSR count). The van der Waals surface area contributed by atoms with Gasteiger partial charge in [-0.15, -0.1) is 11.3 Å². The van der Waals surface area contributed by atoms with Crippen molar-refractivity contribution in [1.82, 2.24) is 10.3 Å². The Labute approximate surface area is 178 Å². The first kappa shape index (κ1) is 19.8. The van der Waals surface area contributed by atoms with Crippen LogP contribution in [-0.2, 0) is 4.79 Å². The van der Waals surface area contributed by atoms with E-state index in [0.29, 0.717) is 11.3 Å². The molecule has 1 aromatic heterocycles. The van der Waals surface area contributed by atoms with Gasteiger partial charge in [-0.3, -0.25) is 9.59 Å². The molecule has 0 saturated heterocycles. The highest BCUT2D eigenvalue weighted by atomic mass is 32.1. The van der Waals surface area contributed by atoms with Gasteiger partial charge in [-0.25, -0.2) is 4.98 Å². The number of hydrogen-bond donors (Lipinski definition) is 2. The van der Waals surface area contributed by atoms with Crippen molar-refractivity contribution in [3.8, 4) is 10.6 Å². The molecule has 0 spiro atoms. The van der Waals surface area contributed by atoms with Gasteiger partial charge in [0.15, 0.2) is 0 Å². The molecule has 0 radical (unpaired) electrons. The topological polar surface area (TPSA) is 71.1 Å². The minimum Gasteiger partial charge on any atom is -0.352 e. The van der Waals surface area contributed by atoms with E-state index in [1.165, 1.54) is 0 Å². The molecule has 0 aliphatic rings. The number of aromatic nitrogens is 1. The van der Waals surface area contributed by atoms with Crippen molar-refractivity contribution in [3.63, 3.8) is 0 Å². The number of anilines is 1. The zero-order valence-electron chi connectivity index (χ0n) is 16.5. The van der Waals surface area contributed by atoms with Crippen molar-refractivity contribution in [1.29, 1.82) is 0 Å². The van der Waals surface area contributed by atoms with E-state index in [9.17, 15) is 9.59 Å². The fraction of sp³-hybridized carbons (Fsp3) is 0.125. The normalized spacial score (nSPS) is 10.7. The van der Waals surface area contributed by atoms with Gasteiger partial charge in [0.2, 0.25) is 5.91 Å². The summed E-state index contributed by atoms with van der Waals surface area (Å²) < 4.78 is 1.10. The van der Waals surface area contributed by atoms with Gasteiger partial charge in [0.25, 0.3) is 5.91 Å². The average Bonchev–Trinajstić information content (AvgIpc) is 3.18. The number of hydrogen-bond acceptors (Lipinski definition) is 4. The minimum atomic E-state index is -0.171. The Morgan fingerprint density at radius 3 is 2.50 bits per heavy atom. The Kier molecular flexibility index (Phi) is 5.86. The Bertz CT molecular complexity index is 1180. The molecule has 2 N–H and O–H groups in total. The summed E-state index contributed by atoms with van der Waals surface area (Å²) in [6.45, 7) is 2.16. The summed E-state index contributed by atoms with van der Waals surface area (Å²) in [5, 5.41) is 6.63. The first-order chi connectivity index (χ1) is 14.6. The second-order valence-electron chi connectivity index (χ2n) is 6.90. The van der Waals surface area contributed by atoms with Gasteiger partial charge < -0.3 is 10.6 Å². The van der Waals surface area contributed by atoms with Crippen LogP contribution in [0.3, 0.4) is 0 Å². The maximum atomic E-state index is 12.5. The molecule has 2 amide bonds. The first-order valence-electron chi connectivity index (χ1n) is 9.70. The van der Waals surface area contributed by atoms with Gasteiger partial charge in [0, 0.05) is 24.1 Å². The standard InChI is InChI=1S/C24H21N3O2S/c1-16-8-2-3-9-17(16)23(29)25-15-14-22(28)26-19-11-5-4-10-18(19)24-27-20-12-6-7-13-21(20)30-24/h2-13H,14-15H2,1H3,(H,25,29)(H,26,28). The van der Waals surface area contributed by atoms with Gasteiger partial charge >= 0.3 is 0 Å². The van der Waals surface area contributed by atoms with E-state index in [-0.39, 0.29) is 24.8 Å². The number of carbonyl (C=O) groups excluding carboxylic acids is 2. The van der Waals surface area contributed by atoms with Crippen LogP contribution in [0.5, 0.6) is 0 Å². The van der Waals surface area contributed by atoms with Gasteiger partial charge in [0.1, 0.15) is 5.01 Å². The lowest BCUT2D eigenvalue weighted by atomic mass is 10.1. The van der Waals surface area contributed by atoms with Crippen LogP contribution in [0.1, 0.15) is 22.3 Å². The van der Waals surface area contributed by atoms with Crippen LogP contribution in [0.15, 0.2) is 72.8 Å². The lowest BCUT2D eigenvalue weighted by molar-refractivity contribution is -0.116. The lowest BCUT2D eigenvalue weighted by Crippen LogP contribution is -2.28. The largest absolute Gasteiger partial charge is 0.352 e. The molecule has 4 aromatic rings. The summed E-state index contributed by atoms with van der Waals surface area (Å²) in [5.74, 6) is -0.329. The zero-order chi connectivity index (χ0) is 20.9. The lowest BCUT2D eigenvalue weighted by Gasteiger charge is -2.10. The molecule has 6 heteroatoms. The molecule has 3 aromatic carbocycles. The number of thiazole rings is 1. The van der Waals surface area contributed by atoms with Gasteiger partial charge in [-0.2, -0.15) is 0 Å². The van der Waals surface area contributed by atoms with E-state index in [2.05, 4.69) is 15.6 Å². The number of aryl methyl sites for hydroxylation is 1. The van der Waals surface area contributed by atoms with Gasteiger partial charge in [0.05, 0.1) is 15.9 Å². The van der Waals surface area contributed by atoms with Crippen LogP contribution < -0.4 is 10.6 Å². The molecule has 5 nitrogen and oxygen atoms in total. The number of rotatable bonds is 6. The third-order valence-electron chi connectivity index (χ3n) is 4.75. The number of nitrogens with zero attached hydrogens (tertiary/aromatic N) is 1. The van der Waals surface area contributed by atoms with Crippen molar-refractivity contribution in [3.05, 3.63) is 83.9 Å². The summed E-state index contributed by atoms with van der Waals surface area (Å²) >= 11 is 1.59. The highest BCUT2D eigenvalue weighted by Gasteiger charge is 2.13. The number of carbonyl (C=O) groups is 2. The number of benzene rings is 3. The van der Waals surface area contributed by atoms with Crippen LogP contribution in [0, 0.1) is 6.92 Å². The number of nitrogens with one attached hydrogen (secondary N) is 2. The monoisotopic (exact) mass is 415 g/mol. The molecule has 0 aliphatic heterocycles. The van der Waals surface area contributed by atoms with E-state index in [4.69, 9.17) is 0 Å². The third-order valence-corrected chi connectivity index (χ3v) is 5.82. The smallest absolute Gasteiger partial charge is 0.251 e. The van der Waals surface area contributed by atoms with Crippen molar-refractivity contribution in [2.75, 3.05) is 11.9 Å². The Hall–Kier alpha value is -3.51. The van der Waals surface area contributed by atoms with E-state index >= 15 is 0 Å². The highest BCUT2D eigenvalue weighted by Crippen LogP contribution is 2.34. The molecular weight excluding hydrogens is 394 g/mol. The van der Waals surface area contributed by atoms with Gasteiger partial charge in [-0.05, 0) is 42.8 Å². The third kappa shape index (κ3) is 4.39. The first-order valence-corrected chi connectivity index (χ1v) is 10.5. The molecule has 0 saturated carbocycles. The number of para-hydroxylation sites is 2. The van der Waals surface area contributed by atoms with Gasteiger partial charge in [-0.1, -0.05) is 42.5 Å². The van der Waals surface area contributed by atoms with Crippen LogP contribution in [0.4, 0.5) is 5.69 Å². The van der Waals surface area contributed by atoms with Crippen molar-refractivity contribution >= 4 is 39.1 Å². The Balaban J connectivity index is 1.40. The summed E-state index contributed by atoms with van der Waals surface area (Å²) in [7, 11) is 0. The second kappa shape index (κ2) is 8.88. The van der Waals surface area contributed by atoms with Crippen LogP contribution in [-0.4, -0.2) is 23.3 Å². The van der Waals surface area contributed by atoms with Crippen molar-refractivity contribution in [2.24, 2.45) is 0 Å². The van der Waals surface area contributed by atoms with Crippen LogP contribution in [0.25, 0.3) is 20.8 Å². The van der Waals surface area contributed by atoms with Crippen LogP contribution in [0.2, 0.25) is 0 Å². The highest BCUT2D eigenvalue weighted by molar-refractivity contribution is 7.21. The summed E-state index contributed by atoms with van der Waals surface area (Å²) in [6.07, 6.45) is 0.186. The molecule has 1 heterocycles. The zero-order valence-corrected chi connectivity index (χ0v) is 17.3. The SMILES string of the molecule is Cc1ccccc1C(=O)NCCC(=O)Nc1ccccc1-c1nc2ccccc2s1. The molecule has 0 fully saturated rings. The number of amides is 2. The molecule has 30 heavy (non-hydrogen) atoms. The summed E-state index contributed by atoms with van der Waals surface area (Å²) in [5.41, 5.74) is 4.07. The fourth-order valence-electron chi connectivity index (χ4n) is 3.19. The molecule has 0 aliphatic carbocycles. The molecule has 0 bridgehead atoms. The fourth-order valence-corrected chi connectivity index (χ4v) is 4.20. The van der Waals surface area contributed by atoms with E-state index in [1.54, 1.807) is 17.4 Å². The van der Waals surface area contributed by atoms with E-state index in [1.807, 2.05) is 73.7 Å². The Morgan fingerprint density at radius 2 is 1.67 bits per heavy atom. The van der Waals surface area contributed by atoms with E-state index in [0.717, 1.165) is 26.4 Å². The Morgan fingerprint density at radius 1 is 0.933 bits per heavy atom. The average molecular weight is 416 g/mol. The van der Waals surface area contributed by atoms with E-state index < -0.39 is 0 Å². The predicted octanol–water partition coefficient (Wildman–Crippen LogP) is 5.03. The summed E-state index contributed by atoms with van der Waals surface area (Å²) in [4.78, 5) is 29.4. The predicted molar refractivity (Wildman–Crippen MR) is 122 cm³/mol. The quantitative estimate of drug-likeness (QED) is 0.464. The summed E-state index contributed by atoms with van der Waals surface area (Å²) in [6, 6.07) is 23.0. The minimum absolute atomic E-state index is 0.159. The second-order valence-corrected chi connectivity index (χ2v) is 7.93. The molecule has 0 unspecified atom stereocenters. The molecule has 150 valence electrons. The van der Waals surface area contributed by atoms with Crippen LogP contribution >= 0.6 is 11.3 Å². The van der Waals surface area contributed by atoms with Crippen molar-refractivity contribution in [2.45, 2.75) is 13.3 Å².